The zero-order valence-corrected chi connectivity index (χ0v) is 16.3. The average molecular weight is 388 g/mol. The second-order valence-corrected chi connectivity index (χ2v) is 7.51. The summed E-state index contributed by atoms with van der Waals surface area (Å²) in [6, 6.07) is 11.3. The van der Waals surface area contributed by atoms with Crippen molar-refractivity contribution in [2.24, 2.45) is 0 Å². The molecule has 1 atom stereocenters. The van der Waals surface area contributed by atoms with Gasteiger partial charge in [0.15, 0.2) is 0 Å². The largest absolute Gasteiger partial charge is 0.465 e. The van der Waals surface area contributed by atoms with Gasteiger partial charge in [0.25, 0.3) is 0 Å². The van der Waals surface area contributed by atoms with Crippen LogP contribution in [0.5, 0.6) is 0 Å². The van der Waals surface area contributed by atoms with Gasteiger partial charge >= 0.3 is 12.0 Å². The number of nitrogens with one attached hydrogen (secondary N) is 2. The van der Waals surface area contributed by atoms with Crippen LogP contribution in [0.1, 0.15) is 39.7 Å². The third kappa shape index (κ3) is 5.30. The summed E-state index contributed by atoms with van der Waals surface area (Å²) in [5.41, 5.74) is 1.42. The minimum atomic E-state index is -0.367. The van der Waals surface area contributed by atoms with Gasteiger partial charge in [-0.05, 0) is 55.1 Å². The molecular weight excluding hydrogens is 362 g/mol. The van der Waals surface area contributed by atoms with Gasteiger partial charge in [0, 0.05) is 18.0 Å². The molecule has 6 nitrogen and oxygen atoms in total. The molecule has 0 spiro atoms. The van der Waals surface area contributed by atoms with Crippen LogP contribution in [0.2, 0.25) is 0 Å². The van der Waals surface area contributed by atoms with Gasteiger partial charge < -0.3 is 15.4 Å². The van der Waals surface area contributed by atoms with E-state index in [1.54, 1.807) is 23.5 Å². The van der Waals surface area contributed by atoms with E-state index in [9.17, 15) is 9.59 Å². The van der Waals surface area contributed by atoms with Gasteiger partial charge in [0.05, 0.1) is 18.7 Å². The molecule has 1 saturated heterocycles. The summed E-state index contributed by atoms with van der Waals surface area (Å²) in [6.45, 7) is 3.16. The van der Waals surface area contributed by atoms with E-state index in [-0.39, 0.29) is 18.0 Å². The maximum absolute atomic E-state index is 12.2. The number of amides is 2. The van der Waals surface area contributed by atoms with Crippen molar-refractivity contribution in [3.8, 4) is 0 Å². The quantitative estimate of drug-likeness (QED) is 0.716. The van der Waals surface area contributed by atoms with Gasteiger partial charge in [-0.15, -0.1) is 11.3 Å². The van der Waals surface area contributed by atoms with Crippen LogP contribution in [0.3, 0.4) is 0 Å². The number of carbonyl (C=O) groups is 2. The number of esters is 1. The highest BCUT2D eigenvalue weighted by molar-refractivity contribution is 7.10. The van der Waals surface area contributed by atoms with Gasteiger partial charge in [-0.2, -0.15) is 0 Å². The van der Waals surface area contributed by atoms with Crippen LogP contribution >= 0.6 is 11.3 Å². The third-order valence-corrected chi connectivity index (χ3v) is 5.71. The van der Waals surface area contributed by atoms with Gasteiger partial charge in [0.1, 0.15) is 0 Å². The first-order chi connectivity index (χ1) is 13.2. The van der Waals surface area contributed by atoms with Gasteiger partial charge in [-0.25, -0.2) is 9.59 Å². The Kier molecular flexibility index (Phi) is 6.84. The molecule has 3 rings (SSSR count). The Morgan fingerprint density at radius 1 is 1.15 bits per heavy atom. The van der Waals surface area contributed by atoms with E-state index in [0.717, 1.165) is 18.7 Å². The number of methoxy groups -OCH3 is 1. The molecule has 1 unspecified atom stereocenters. The number of likely N-dealkylation sites (tertiary alicyclic amines) is 1. The first-order valence-electron chi connectivity index (χ1n) is 9.14. The summed E-state index contributed by atoms with van der Waals surface area (Å²) in [5, 5.41) is 7.95. The van der Waals surface area contributed by atoms with Crippen LogP contribution in [0.4, 0.5) is 4.79 Å². The van der Waals surface area contributed by atoms with Crippen molar-refractivity contribution >= 4 is 23.3 Å². The second-order valence-electron chi connectivity index (χ2n) is 6.53. The normalized spacial score (nSPS) is 15.3. The number of hydrogen-bond donors (Lipinski definition) is 2. The number of hydrogen-bond acceptors (Lipinski definition) is 5. The molecule has 0 radical (unpaired) electrons. The number of carbonyl (C=O) groups excluding carboxylic acids is 2. The van der Waals surface area contributed by atoms with Crippen molar-refractivity contribution < 1.29 is 14.3 Å². The van der Waals surface area contributed by atoms with Crippen LogP contribution in [0, 0.1) is 0 Å². The van der Waals surface area contributed by atoms with Crippen LogP contribution in [0.25, 0.3) is 0 Å². The Morgan fingerprint density at radius 3 is 2.52 bits per heavy atom. The lowest BCUT2D eigenvalue weighted by atomic mass is 10.1. The summed E-state index contributed by atoms with van der Waals surface area (Å²) in [6.07, 6.45) is 2.44. The Bertz CT molecular complexity index is 740. The van der Waals surface area contributed by atoms with E-state index < -0.39 is 0 Å². The Balaban J connectivity index is 1.49. The van der Waals surface area contributed by atoms with Crippen LogP contribution in [-0.4, -0.2) is 43.6 Å². The van der Waals surface area contributed by atoms with E-state index in [2.05, 4.69) is 37.8 Å². The highest BCUT2D eigenvalue weighted by Gasteiger charge is 2.24. The lowest BCUT2D eigenvalue weighted by Crippen LogP contribution is -2.41. The molecule has 1 aliphatic rings. The molecule has 2 amide bonds. The number of ether oxygens (including phenoxy) is 1. The Labute approximate surface area is 163 Å². The monoisotopic (exact) mass is 387 g/mol. The summed E-state index contributed by atoms with van der Waals surface area (Å²) in [7, 11) is 1.35. The van der Waals surface area contributed by atoms with Gasteiger partial charge in [-0.1, -0.05) is 18.2 Å². The maximum atomic E-state index is 12.2. The maximum Gasteiger partial charge on any atom is 0.337 e. The lowest BCUT2D eigenvalue weighted by molar-refractivity contribution is 0.0600. The van der Waals surface area contributed by atoms with E-state index in [0.29, 0.717) is 18.7 Å². The first-order valence-corrected chi connectivity index (χ1v) is 10.0. The fraction of sp³-hybridized carbons (Fsp3) is 0.400. The van der Waals surface area contributed by atoms with Crippen LogP contribution in [-0.2, 0) is 11.3 Å². The molecule has 2 heterocycles. The predicted molar refractivity (Wildman–Crippen MR) is 106 cm³/mol. The number of nitrogens with zero attached hydrogens (tertiary/aromatic N) is 1. The lowest BCUT2D eigenvalue weighted by Gasteiger charge is -2.27. The molecule has 1 aromatic heterocycles. The number of thiophene rings is 1. The third-order valence-electron chi connectivity index (χ3n) is 4.74. The van der Waals surface area contributed by atoms with E-state index >= 15 is 0 Å². The van der Waals surface area contributed by atoms with Crippen molar-refractivity contribution in [2.45, 2.75) is 25.4 Å². The van der Waals surface area contributed by atoms with E-state index in [1.807, 2.05) is 12.1 Å². The molecule has 2 aromatic rings. The van der Waals surface area contributed by atoms with E-state index in [4.69, 9.17) is 0 Å². The predicted octanol–water partition coefficient (Wildman–Crippen LogP) is 3.17. The zero-order chi connectivity index (χ0) is 19.1. The molecule has 1 aliphatic heterocycles. The Hall–Kier alpha value is -2.38. The zero-order valence-electron chi connectivity index (χ0n) is 15.4. The highest BCUT2D eigenvalue weighted by atomic mass is 32.1. The van der Waals surface area contributed by atoms with Crippen LogP contribution < -0.4 is 10.6 Å². The Morgan fingerprint density at radius 2 is 1.89 bits per heavy atom. The summed E-state index contributed by atoms with van der Waals surface area (Å²) in [4.78, 5) is 27.4. The molecule has 7 heteroatoms. The molecule has 1 fully saturated rings. The molecule has 1 aromatic carbocycles. The molecular formula is C20H25N3O3S. The van der Waals surface area contributed by atoms with Crippen molar-refractivity contribution in [1.29, 1.82) is 0 Å². The second kappa shape index (κ2) is 9.53. The summed E-state index contributed by atoms with van der Waals surface area (Å²) < 4.78 is 4.68. The van der Waals surface area contributed by atoms with Crippen molar-refractivity contribution in [3.05, 3.63) is 57.8 Å². The SMILES string of the molecule is COC(=O)c1ccc(CNC(=O)NCC(c2cccs2)N2CCCC2)cc1. The minimum Gasteiger partial charge on any atom is -0.465 e. The molecule has 27 heavy (non-hydrogen) atoms. The fourth-order valence-corrected chi connectivity index (χ4v) is 4.12. The molecule has 0 aliphatic carbocycles. The van der Waals surface area contributed by atoms with Gasteiger partial charge in [-0.3, -0.25) is 4.90 Å². The summed E-state index contributed by atoms with van der Waals surface area (Å²) in [5.74, 6) is -0.367. The van der Waals surface area contributed by atoms with E-state index in [1.165, 1.54) is 24.8 Å². The standard InChI is InChI=1S/C20H25N3O3S/c1-26-19(24)16-8-6-15(7-9-16)13-21-20(25)22-14-17(18-5-4-12-27-18)23-10-2-3-11-23/h4-9,12,17H,2-3,10-11,13-14H2,1H3,(H2,21,22,25). The number of rotatable bonds is 7. The molecule has 144 valence electrons. The van der Waals surface area contributed by atoms with Gasteiger partial charge in [0.2, 0.25) is 0 Å². The minimum absolute atomic E-state index is 0.187. The molecule has 0 bridgehead atoms. The fourth-order valence-electron chi connectivity index (χ4n) is 3.25. The molecule has 2 N–H and O–H groups in total. The van der Waals surface area contributed by atoms with Crippen molar-refractivity contribution in [1.82, 2.24) is 15.5 Å². The van der Waals surface area contributed by atoms with Crippen LogP contribution in [0.15, 0.2) is 41.8 Å². The number of urea groups is 1. The number of benzene rings is 1. The molecule has 0 saturated carbocycles. The topological polar surface area (TPSA) is 70.7 Å². The average Bonchev–Trinajstić information content (AvgIpc) is 3.41. The first kappa shape index (κ1) is 19.4. The smallest absolute Gasteiger partial charge is 0.337 e. The van der Waals surface area contributed by atoms with Crippen molar-refractivity contribution in [3.63, 3.8) is 0 Å². The summed E-state index contributed by atoms with van der Waals surface area (Å²) >= 11 is 1.73. The highest BCUT2D eigenvalue weighted by Crippen LogP contribution is 2.27. The van der Waals surface area contributed by atoms with Crippen molar-refractivity contribution in [2.75, 3.05) is 26.7 Å².